The van der Waals surface area contributed by atoms with E-state index in [4.69, 9.17) is 0 Å². The van der Waals surface area contributed by atoms with Gasteiger partial charge in [0.15, 0.2) is 0 Å². The summed E-state index contributed by atoms with van der Waals surface area (Å²) in [6, 6.07) is 8.36. The minimum absolute atomic E-state index is 1.04. The Morgan fingerprint density at radius 2 is 1.94 bits per heavy atom. The Hall–Kier alpha value is -1.77. The number of hydrogen-bond donors (Lipinski definition) is 1. The molecule has 84 valence electrons. The lowest BCUT2D eigenvalue weighted by Crippen LogP contribution is -2.10. The molecule has 3 heteroatoms. The lowest BCUT2D eigenvalue weighted by Gasteiger charge is -2.16. The van der Waals surface area contributed by atoms with E-state index in [2.05, 4.69) is 47.5 Å². The maximum atomic E-state index is 4.54. The van der Waals surface area contributed by atoms with E-state index in [9.17, 15) is 0 Å². The van der Waals surface area contributed by atoms with Crippen molar-refractivity contribution in [3.05, 3.63) is 30.0 Å². The number of hydrogen-bond acceptors (Lipinski definition) is 3. The summed E-state index contributed by atoms with van der Waals surface area (Å²) < 4.78 is 0. The largest absolute Gasteiger partial charge is 0.388 e. The van der Waals surface area contributed by atoms with Gasteiger partial charge in [-0.15, -0.1) is 0 Å². The molecule has 1 heterocycles. The molecule has 0 saturated heterocycles. The van der Waals surface area contributed by atoms with Gasteiger partial charge in [-0.3, -0.25) is 4.98 Å². The molecule has 1 aromatic heterocycles. The first-order chi connectivity index (χ1) is 7.61. The van der Waals surface area contributed by atoms with E-state index >= 15 is 0 Å². The van der Waals surface area contributed by atoms with E-state index < -0.39 is 0 Å². The molecule has 0 saturated carbocycles. The average Bonchev–Trinajstić information content (AvgIpc) is 2.27. The Morgan fingerprint density at radius 1 is 1.19 bits per heavy atom. The van der Waals surface area contributed by atoms with Gasteiger partial charge in [-0.05, 0) is 31.2 Å². The van der Waals surface area contributed by atoms with Crippen molar-refractivity contribution in [1.82, 2.24) is 4.98 Å². The molecule has 0 radical (unpaired) electrons. The molecular weight excluding hydrogens is 198 g/mol. The summed E-state index contributed by atoms with van der Waals surface area (Å²) in [5.74, 6) is 0. The van der Waals surface area contributed by atoms with Crippen LogP contribution in [0.25, 0.3) is 10.9 Å². The van der Waals surface area contributed by atoms with Crippen LogP contribution in [0.15, 0.2) is 24.3 Å². The predicted molar refractivity (Wildman–Crippen MR) is 70.4 cm³/mol. The molecule has 0 unspecified atom stereocenters. The zero-order chi connectivity index (χ0) is 11.7. The molecule has 3 nitrogen and oxygen atoms in total. The van der Waals surface area contributed by atoms with Gasteiger partial charge >= 0.3 is 0 Å². The highest BCUT2D eigenvalue weighted by atomic mass is 15.1. The minimum atomic E-state index is 1.04. The molecule has 1 N–H and O–H groups in total. The molecular formula is C13H17N3. The Labute approximate surface area is 96.1 Å². The fraction of sp³-hybridized carbons (Fsp3) is 0.308. The third kappa shape index (κ3) is 1.81. The van der Waals surface area contributed by atoms with Crippen molar-refractivity contribution >= 4 is 22.3 Å². The van der Waals surface area contributed by atoms with Crippen LogP contribution in [0.1, 0.15) is 5.69 Å². The second kappa shape index (κ2) is 4.00. The molecule has 0 aliphatic heterocycles. The summed E-state index contributed by atoms with van der Waals surface area (Å²) in [5, 5.41) is 4.34. The smallest absolute Gasteiger partial charge is 0.0727 e. The maximum absolute atomic E-state index is 4.54. The first-order valence-electron chi connectivity index (χ1n) is 5.38. The Kier molecular flexibility index (Phi) is 2.69. The molecule has 0 aliphatic rings. The van der Waals surface area contributed by atoms with E-state index in [1.54, 1.807) is 0 Å². The number of nitrogens with zero attached hydrogens (tertiary/aromatic N) is 2. The van der Waals surface area contributed by atoms with Crippen molar-refractivity contribution in [3.8, 4) is 0 Å². The van der Waals surface area contributed by atoms with Crippen LogP contribution in [0.3, 0.4) is 0 Å². The van der Waals surface area contributed by atoms with Crippen LogP contribution in [0.5, 0.6) is 0 Å². The van der Waals surface area contributed by atoms with Crippen molar-refractivity contribution < 1.29 is 0 Å². The van der Waals surface area contributed by atoms with Crippen molar-refractivity contribution in [2.24, 2.45) is 0 Å². The van der Waals surface area contributed by atoms with Gasteiger partial charge in [0.1, 0.15) is 0 Å². The monoisotopic (exact) mass is 215 g/mol. The van der Waals surface area contributed by atoms with Crippen LogP contribution >= 0.6 is 0 Å². The van der Waals surface area contributed by atoms with E-state index in [1.165, 1.54) is 11.1 Å². The molecule has 2 aromatic rings. The standard InChI is InChI=1S/C13H17N3/c1-9-7-13(16(3)4)11-8-10(14-2)5-6-12(11)15-9/h5-8,14H,1-4H3. The fourth-order valence-electron chi connectivity index (χ4n) is 1.86. The molecule has 0 spiro atoms. The summed E-state index contributed by atoms with van der Waals surface area (Å²) >= 11 is 0. The highest BCUT2D eigenvalue weighted by Crippen LogP contribution is 2.27. The van der Waals surface area contributed by atoms with Crippen molar-refractivity contribution in [2.45, 2.75) is 6.92 Å². The summed E-state index contributed by atoms with van der Waals surface area (Å²) in [6.07, 6.45) is 0. The third-order valence-electron chi connectivity index (χ3n) is 2.69. The van der Waals surface area contributed by atoms with E-state index in [0.717, 1.165) is 16.9 Å². The van der Waals surface area contributed by atoms with Crippen LogP contribution in [-0.4, -0.2) is 26.1 Å². The first-order valence-corrected chi connectivity index (χ1v) is 5.38. The zero-order valence-corrected chi connectivity index (χ0v) is 10.2. The van der Waals surface area contributed by atoms with Gasteiger partial charge in [0.2, 0.25) is 0 Å². The van der Waals surface area contributed by atoms with Gasteiger partial charge in [-0.1, -0.05) is 0 Å². The summed E-state index contributed by atoms with van der Waals surface area (Å²) in [4.78, 5) is 6.66. The van der Waals surface area contributed by atoms with E-state index in [1.807, 2.05) is 20.0 Å². The van der Waals surface area contributed by atoms with Gasteiger partial charge in [-0.2, -0.15) is 0 Å². The Bertz CT molecular complexity index is 518. The van der Waals surface area contributed by atoms with Crippen molar-refractivity contribution in [1.29, 1.82) is 0 Å². The zero-order valence-electron chi connectivity index (χ0n) is 10.2. The topological polar surface area (TPSA) is 28.2 Å². The number of fused-ring (bicyclic) bond motifs is 1. The average molecular weight is 215 g/mol. The lowest BCUT2D eigenvalue weighted by atomic mass is 10.1. The molecule has 0 bridgehead atoms. The number of nitrogens with one attached hydrogen (secondary N) is 1. The highest BCUT2D eigenvalue weighted by Gasteiger charge is 2.06. The third-order valence-corrected chi connectivity index (χ3v) is 2.69. The van der Waals surface area contributed by atoms with E-state index in [-0.39, 0.29) is 0 Å². The van der Waals surface area contributed by atoms with E-state index in [0.29, 0.717) is 0 Å². The fourth-order valence-corrected chi connectivity index (χ4v) is 1.86. The Morgan fingerprint density at radius 3 is 2.56 bits per heavy atom. The number of pyridine rings is 1. The van der Waals surface area contributed by atoms with Gasteiger partial charge in [0.05, 0.1) is 5.52 Å². The number of aromatic nitrogens is 1. The second-order valence-electron chi connectivity index (χ2n) is 4.16. The molecule has 2 rings (SSSR count). The van der Waals surface area contributed by atoms with Crippen LogP contribution in [0.2, 0.25) is 0 Å². The van der Waals surface area contributed by atoms with Gasteiger partial charge in [-0.25, -0.2) is 0 Å². The normalized spacial score (nSPS) is 10.5. The summed E-state index contributed by atoms with van der Waals surface area (Å²) in [5.41, 5.74) is 4.41. The Balaban J connectivity index is 2.75. The second-order valence-corrected chi connectivity index (χ2v) is 4.16. The summed E-state index contributed by atoms with van der Waals surface area (Å²) in [6.45, 7) is 2.03. The molecule has 0 atom stereocenters. The van der Waals surface area contributed by atoms with Gasteiger partial charge < -0.3 is 10.2 Å². The SMILES string of the molecule is CNc1ccc2nc(C)cc(N(C)C)c2c1. The maximum Gasteiger partial charge on any atom is 0.0727 e. The number of aryl methyl sites for hydroxylation is 1. The highest BCUT2D eigenvalue weighted by molar-refractivity contribution is 5.94. The molecule has 16 heavy (non-hydrogen) atoms. The van der Waals surface area contributed by atoms with Crippen LogP contribution < -0.4 is 10.2 Å². The van der Waals surface area contributed by atoms with Gasteiger partial charge in [0, 0.05) is 43.6 Å². The molecule has 0 amide bonds. The molecule has 0 fully saturated rings. The number of benzene rings is 1. The minimum Gasteiger partial charge on any atom is -0.388 e. The summed E-state index contributed by atoms with van der Waals surface area (Å²) in [7, 11) is 6.04. The lowest BCUT2D eigenvalue weighted by molar-refractivity contribution is 1.12. The number of rotatable bonds is 2. The molecule has 0 aliphatic carbocycles. The predicted octanol–water partition coefficient (Wildman–Crippen LogP) is 2.65. The quantitative estimate of drug-likeness (QED) is 0.834. The molecule has 1 aromatic carbocycles. The van der Waals surface area contributed by atoms with Crippen molar-refractivity contribution in [3.63, 3.8) is 0 Å². The first kappa shape index (κ1) is 10.7. The van der Waals surface area contributed by atoms with Crippen LogP contribution in [-0.2, 0) is 0 Å². The van der Waals surface area contributed by atoms with Gasteiger partial charge in [0.25, 0.3) is 0 Å². The van der Waals surface area contributed by atoms with Crippen molar-refractivity contribution in [2.75, 3.05) is 31.4 Å². The van der Waals surface area contributed by atoms with Crippen LogP contribution in [0.4, 0.5) is 11.4 Å². The van der Waals surface area contributed by atoms with Crippen LogP contribution in [0, 0.1) is 6.92 Å². The number of anilines is 2.